The van der Waals surface area contributed by atoms with E-state index >= 15 is 0 Å². The Balaban J connectivity index is 1.78. The molecule has 7 nitrogen and oxygen atoms in total. The normalized spacial score (nSPS) is 10.4. The number of carbonyl (C=O) groups excluding carboxylic acids is 2. The van der Waals surface area contributed by atoms with Crippen LogP contribution in [0.1, 0.15) is 16.2 Å². The van der Waals surface area contributed by atoms with Crippen molar-refractivity contribution in [1.82, 2.24) is 15.3 Å². The summed E-state index contributed by atoms with van der Waals surface area (Å²) in [5, 5.41) is 7.06. The number of anilines is 1. The van der Waals surface area contributed by atoms with Crippen molar-refractivity contribution in [3.8, 4) is 0 Å². The van der Waals surface area contributed by atoms with Crippen molar-refractivity contribution in [3.63, 3.8) is 0 Å². The van der Waals surface area contributed by atoms with E-state index in [-0.39, 0.29) is 19.0 Å². The van der Waals surface area contributed by atoms with Crippen LogP contribution >= 0.6 is 11.6 Å². The van der Waals surface area contributed by atoms with Crippen molar-refractivity contribution in [2.75, 3.05) is 19.0 Å². The Bertz CT molecular complexity index is 976. The summed E-state index contributed by atoms with van der Waals surface area (Å²) >= 11 is 5.83. The number of nitrogens with one attached hydrogen (secondary N) is 2. The molecular formula is C19H17ClN4O3. The molecule has 2 aromatic carbocycles. The van der Waals surface area contributed by atoms with E-state index in [1.165, 1.54) is 7.11 Å². The minimum atomic E-state index is -0.407. The molecule has 0 atom stereocenters. The molecule has 0 fully saturated rings. The lowest BCUT2D eigenvalue weighted by atomic mass is 10.2. The van der Waals surface area contributed by atoms with Crippen LogP contribution in [0.2, 0.25) is 5.02 Å². The summed E-state index contributed by atoms with van der Waals surface area (Å²) in [7, 11) is 1.32. The van der Waals surface area contributed by atoms with Crippen LogP contribution in [0.15, 0.2) is 48.5 Å². The van der Waals surface area contributed by atoms with Gasteiger partial charge in [0.15, 0.2) is 5.82 Å². The molecule has 0 radical (unpaired) electrons. The van der Waals surface area contributed by atoms with Gasteiger partial charge in [0.25, 0.3) is 5.91 Å². The van der Waals surface area contributed by atoms with Gasteiger partial charge in [-0.1, -0.05) is 23.7 Å². The highest BCUT2D eigenvalue weighted by Gasteiger charge is 2.11. The van der Waals surface area contributed by atoms with Crippen molar-refractivity contribution in [3.05, 3.63) is 64.9 Å². The molecule has 1 amide bonds. The Morgan fingerprint density at radius 3 is 2.56 bits per heavy atom. The van der Waals surface area contributed by atoms with Crippen LogP contribution in [-0.2, 0) is 16.1 Å². The molecule has 3 aromatic rings. The molecule has 0 aliphatic rings. The van der Waals surface area contributed by atoms with Crippen molar-refractivity contribution >= 4 is 40.2 Å². The standard InChI is InChI=1S/C19H17ClN4O3/c1-27-17(25)11-21-18-14-4-2-3-5-15(14)23-16(24-18)10-22-19(26)12-6-8-13(20)9-7-12/h2-9H,10-11H2,1H3,(H,22,26)(H,21,23,24). The number of esters is 1. The maximum Gasteiger partial charge on any atom is 0.325 e. The van der Waals surface area contributed by atoms with Gasteiger partial charge in [0, 0.05) is 16.0 Å². The van der Waals surface area contributed by atoms with Gasteiger partial charge in [0.2, 0.25) is 0 Å². The lowest BCUT2D eigenvalue weighted by Crippen LogP contribution is -2.24. The molecule has 0 unspecified atom stereocenters. The third-order valence-electron chi connectivity index (χ3n) is 3.79. The van der Waals surface area contributed by atoms with E-state index in [0.717, 1.165) is 5.39 Å². The van der Waals surface area contributed by atoms with Gasteiger partial charge in [-0.15, -0.1) is 0 Å². The molecule has 0 saturated heterocycles. The van der Waals surface area contributed by atoms with Crippen LogP contribution in [0, 0.1) is 0 Å². The second-order valence-corrected chi connectivity index (χ2v) is 6.06. The quantitative estimate of drug-likeness (QED) is 0.635. The zero-order valence-corrected chi connectivity index (χ0v) is 15.3. The summed E-state index contributed by atoms with van der Waals surface area (Å²) in [4.78, 5) is 32.5. The second kappa shape index (κ2) is 8.46. The van der Waals surface area contributed by atoms with Gasteiger partial charge in [-0.25, -0.2) is 9.97 Å². The summed E-state index contributed by atoms with van der Waals surface area (Å²) in [5.74, 6) is 0.257. The van der Waals surface area contributed by atoms with Gasteiger partial charge in [0.05, 0.1) is 19.2 Å². The highest BCUT2D eigenvalue weighted by atomic mass is 35.5. The van der Waals surface area contributed by atoms with Crippen molar-refractivity contribution in [2.45, 2.75) is 6.54 Å². The monoisotopic (exact) mass is 384 g/mol. The number of rotatable bonds is 6. The van der Waals surface area contributed by atoms with E-state index in [9.17, 15) is 9.59 Å². The zero-order valence-electron chi connectivity index (χ0n) is 14.5. The summed E-state index contributed by atoms with van der Waals surface area (Å²) in [5.41, 5.74) is 1.19. The number of halogens is 1. The molecule has 27 heavy (non-hydrogen) atoms. The first kappa shape index (κ1) is 18.6. The third kappa shape index (κ3) is 4.71. The van der Waals surface area contributed by atoms with Gasteiger partial charge < -0.3 is 15.4 Å². The average Bonchev–Trinajstić information content (AvgIpc) is 2.70. The molecule has 1 aromatic heterocycles. The lowest BCUT2D eigenvalue weighted by Gasteiger charge is -2.11. The number of para-hydroxylation sites is 1. The highest BCUT2D eigenvalue weighted by Crippen LogP contribution is 2.20. The Morgan fingerprint density at radius 1 is 1.07 bits per heavy atom. The number of ether oxygens (including phenoxy) is 1. The number of aromatic nitrogens is 2. The van der Waals surface area contributed by atoms with E-state index in [0.29, 0.717) is 27.7 Å². The van der Waals surface area contributed by atoms with Crippen LogP contribution < -0.4 is 10.6 Å². The maximum atomic E-state index is 12.2. The number of methoxy groups -OCH3 is 1. The number of hydrogen-bond donors (Lipinski definition) is 2. The predicted molar refractivity (Wildman–Crippen MR) is 103 cm³/mol. The Kier molecular flexibility index (Phi) is 5.83. The molecule has 0 saturated carbocycles. The molecule has 0 aliphatic heterocycles. The fourth-order valence-corrected chi connectivity index (χ4v) is 2.56. The van der Waals surface area contributed by atoms with E-state index in [4.69, 9.17) is 11.6 Å². The second-order valence-electron chi connectivity index (χ2n) is 5.62. The topological polar surface area (TPSA) is 93.2 Å². The number of hydrogen-bond acceptors (Lipinski definition) is 6. The van der Waals surface area contributed by atoms with Crippen LogP contribution in [0.5, 0.6) is 0 Å². The number of nitrogens with zero attached hydrogens (tertiary/aromatic N) is 2. The first-order valence-corrected chi connectivity index (χ1v) is 8.54. The predicted octanol–water partition coefficient (Wildman–Crippen LogP) is 2.80. The average molecular weight is 385 g/mol. The highest BCUT2D eigenvalue weighted by molar-refractivity contribution is 6.30. The largest absolute Gasteiger partial charge is 0.468 e. The molecule has 0 spiro atoms. The molecule has 138 valence electrons. The first-order valence-electron chi connectivity index (χ1n) is 8.17. The van der Waals surface area contributed by atoms with Crippen LogP contribution in [0.4, 0.5) is 5.82 Å². The Morgan fingerprint density at radius 2 is 1.81 bits per heavy atom. The van der Waals surface area contributed by atoms with Gasteiger partial charge in [-0.05, 0) is 36.4 Å². The number of benzene rings is 2. The minimum absolute atomic E-state index is 0.0198. The minimum Gasteiger partial charge on any atom is -0.468 e. The molecule has 3 rings (SSSR count). The Hall–Kier alpha value is -3.19. The van der Waals surface area contributed by atoms with Crippen molar-refractivity contribution < 1.29 is 14.3 Å². The summed E-state index contributed by atoms with van der Waals surface area (Å²) in [6.07, 6.45) is 0. The van der Waals surface area contributed by atoms with Crippen molar-refractivity contribution in [1.29, 1.82) is 0 Å². The summed E-state index contributed by atoms with van der Waals surface area (Å²) < 4.78 is 4.64. The fraction of sp³-hybridized carbons (Fsp3) is 0.158. The van der Waals surface area contributed by atoms with Gasteiger partial charge in [0.1, 0.15) is 12.4 Å². The van der Waals surface area contributed by atoms with Gasteiger partial charge in [-0.2, -0.15) is 0 Å². The van der Waals surface area contributed by atoms with E-state index < -0.39 is 5.97 Å². The molecule has 0 bridgehead atoms. The molecule has 0 aliphatic carbocycles. The third-order valence-corrected chi connectivity index (χ3v) is 4.04. The van der Waals surface area contributed by atoms with Crippen LogP contribution in [-0.4, -0.2) is 35.5 Å². The summed E-state index contributed by atoms with van der Waals surface area (Å²) in [6, 6.07) is 14.0. The molecular weight excluding hydrogens is 368 g/mol. The van der Waals surface area contributed by atoms with Crippen LogP contribution in [0.25, 0.3) is 10.9 Å². The van der Waals surface area contributed by atoms with Crippen molar-refractivity contribution in [2.24, 2.45) is 0 Å². The smallest absolute Gasteiger partial charge is 0.325 e. The molecule has 2 N–H and O–H groups in total. The molecule has 1 heterocycles. The lowest BCUT2D eigenvalue weighted by molar-refractivity contribution is -0.138. The maximum absolute atomic E-state index is 12.2. The van der Waals surface area contributed by atoms with Gasteiger partial charge >= 0.3 is 5.97 Å². The SMILES string of the molecule is COC(=O)CNc1nc(CNC(=O)c2ccc(Cl)cc2)nc2ccccc12. The number of fused-ring (bicyclic) bond motifs is 1. The van der Waals surface area contributed by atoms with Gasteiger partial charge in [-0.3, -0.25) is 9.59 Å². The fourth-order valence-electron chi connectivity index (χ4n) is 2.43. The van der Waals surface area contributed by atoms with Crippen LogP contribution in [0.3, 0.4) is 0 Å². The molecule has 8 heteroatoms. The number of carbonyl (C=O) groups is 2. The van der Waals surface area contributed by atoms with E-state index in [2.05, 4.69) is 25.3 Å². The number of amides is 1. The Labute approximate surface area is 160 Å². The zero-order chi connectivity index (χ0) is 19.2. The first-order chi connectivity index (χ1) is 13.1. The van der Waals surface area contributed by atoms with E-state index in [1.807, 2.05) is 24.3 Å². The van der Waals surface area contributed by atoms with E-state index in [1.54, 1.807) is 24.3 Å². The summed E-state index contributed by atoms with van der Waals surface area (Å²) in [6.45, 7) is 0.118.